The van der Waals surface area contributed by atoms with Crippen LogP contribution in [-0.2, 0) is 4.43 Å². The summed E-state index contributed by atoms with van der Waals surface area (Å²) in [7, 11) is -1.79. The minimum atomic E-state index is -1.79. The Morgan fingerprint density at radius 1 is 1.27 bits per heavy atom. The van der Waals surface area contributed by atoms with Gasteiger partial charge in [-0.1, -0.05) is 32.4 Å². The van der Waals surface area contributed by atoms with Gasteiger partial charge in [-0.2, -0.15) is 0 Å². The van der Waals surface area contributed by atoms with Crippen LogP contribution in [-0.4, -0.2) is 32.8 Å². The van der Waals surface area contributed by atoms with Crippen LogP contribution < -0.4 is 5.32 Å². The Balaban J connectivity index is 1.98. The van der Waals surface area contributed by atoms with E-state index in [2.05, 4.69) is 39.2 Å². The molecule has 122 valence electrons. The summed E-state index contributed by atoms with van der Waals surface area (Å²) in [5, 5.41) is 4.14. The van der Waals surface area contributed by atoms with Crippen LogP contribution >= 0.6 is 11.6 Å². The van der Waals surface area contributed by atoms with Crippen molar-refractivity contribution in [1.82, 2.24) is 5.32 Å². The maximum atomic E-state index is 12.5. The fourth-order valence-corrected chi connectivity index (χ4v) is 3.89. The SMILES string of the molecule is CC(C)(C)[Si](C)(C)OC1CN[C@@H](C(=O)c2ccc(Cl)cc2)C1. The normalized spacial score (nSPS) is 22.8. The molecule has 1 fully saturated rings. The number of ketones is 1. The molecule has 0 radical (unpaired) electrons. The first kappa shape index (κ1) is 17.7. The Labute approximate surface area is 139 Å². The number of carbonyl (C=O) groups is 1. The van der Waals surface area contributed by atoms with E-state index in [0.717, 1.165) is 13.0 Å². The van der Waals surface area contributed by atoms with Crippen LogP contribution in [0.3, 0.4) is 0 Å². The molecule has 1 aliphatic rings. The smallest absolute Gasteiger partial charge is 0.192 e. The molecule has 0 bridgehead atoms. The summed E-state index contributed by atoms with van der Waals surface area (Å²) in [6.45, 7) is 12.0. The Morgan fingerprint density at radius 2 is 1.86 bits per heavy atom. The topological polar surface area (TPSA) is 38.3 Å². The van der Waals surface area contributed by atoms with Crippen LogP contribution in [0.25, 0.3) is 0 Å². The van der Waals surface area contributed by atoms with Gasteiger partial charge in [0.1, 0.15) is 0 Å². The van der Waals surface area contributed by atoms with Crippen molar-refractivity contribution in [3.8, 4) is 0 Å². The number of hydrogen-bond donors (Lipinski definition) is 1. The Morgan fingerprint density at radius 3 is 2.41 bits per heavy atom. The first-order valence-corrected chi connectivity index (χ1v) is 11.1. The predicted octanol–water partition coefficient (Wildman–Crippen LogP) is 4.28. The lowest BCUT2D eigenvalue weighted by Crippen LogP contribution is -2.44. The third-order valence-corrected chi connectivity index (χ3v) is 9.59. The second-order valence-corrected chi connectivity index (χ2v) is 12.8. The number of carbonyl (C=O) groups excluding carboxylic acids is 1. The van der Waals surface area contributed by atoms with Crippen LogP contribution in [0.15, 0.2) is 24.3 Å². The van der Waals surface area contributed by atoms with Crippen LogP contribution in [0.4, 0.5) is 0 Å². The number of rotatable bonds is 4. The van der Waals surface area contributed by atoms with E-state index >= 15 is 0 Å². The maximum Gasteiger partial charge on any atom is 0.192 e. The molecule has 1 aromatic carbocycles. The molecular formula is C17H26ClNO2Si. The molecule has 2 atom stereocenters. The zero-order valence-electron chi connectivity index (χ0n) is 14.1. The minimum Gasteiger partial charge on any atom is -0.413 e. The van der Waals surface area contributed by atoms with Crippen molar-refractivity contribution >= 4 is 25.7 Å². The summed E-state index contributed by atoms with van der Waals surface area (Å²) in [5.41, 5.74) is 0.704. The molecule has 5 heteroatoms. The first-order chi connectivity index (χ1) is 10.1. The lowest BCUT2D eigenvalue weighted by Gasteiger charge is -2.38. The zero-order chi connectivity index (χ0) is 16.5. The maximum absolute atomic E-state index is 12.5. The number of Topliss-reactive ketones (excluding diaryl/α,β-unsaturated/α-hetero) is 1. The van der Waals surface area contributed by atoms with Crippen molar-refractivity contribution in [3.05, 3.63) is 34.9 Å². The highest BCUT2D eigenvalue weighted by molar-refractivity contribution is 6.74. The summed E-state index contributed by atoms with van der Waals surface area (Å²) in [6, 6.07) is 6.93. The average Bonchev–Trinajstić information content (AvgIpc) is 2.85. The fourth-order valence-electron chi connectivity index (χ4n) is 2.40. The van der Waals surface area contributed by atoms with E-state index in [1.165, 1.54) is 0 Å². The molecular weight excluding hydrogens is 314 g/mol. The molecule has 22 heavy (non-hydrogen) atoms. The predicted molar refractivity (Wildman–Crippen MR) is 94.3 cm³/mol. The molecule has 0 aliphatic carbocycles. The number of benzene rings is 1. The third-order valence-electron chi connectivity index (χ3n) is 4.80. The van der Waals surface area contributed by atoms with E-state index < -0.39 is 8.32 Å². The van der Waals surface area contributed by atoms with Crippen molar-refractivity contribution in [3.63, 3.8) is 0 Å². The Kier molecular flexibility index (Phi) is 5.17. The van der Waals surface area contributed by atoms with E-state index in [-0.39, 0.29) is 23.0 Å². The molecule has 1 aliphatic heterocycles. The summed E-state index contributed by atoms with van der Waals surface area (Å²) < 4.78 is 6.40. The lowest BCUT2D eigenvalue weighted by molar-refractivity contribution is 0.0944. The highest BCUT2D eigenvalue weighted by atomic mass is 35.5. The second kappa shape index (κ2) is 6.44. The minimum absolute atomic E-state index is 0.123. The van der Waals surface area contributed by atoms with Gasteiger partial charge in [0.05, 0.1) is 12.1 Å². The molecule has 1 saturated heterocycles. The van der Waals surface area contributed by atoms with Gasteiger partial charge < -0.3 is 9.74 Å². The highest BCUT2D eigenvalue weighted by Gasteiger charge is 2.41. The average molecular weight is 340 g/mol. The molecule has 0 spiro atoms. The fraction of sp³-hybridized carbons (Fsp3) is 0.588. The van der Waals surface area contributed by atoms with Crippen molar-refractivity contribution in [2.75, 3.05) is 6.54 Å². The second-order valence-electron chi connectivity index (χ2n) is 7.57. The molecule has 1 aromatic rings. The number of halogens is 1. The zero-order valence-corrected chi connectivity index (χ0v) is 15.8. The van der Waals surface area contributed by atoms with Crippen LogP contribution in [0.5, 0.6) is 0 Å². The van der Waals surface area contributed by atoms with E-state index in [1.807, 2.05) is 0 Å². The first-order valence-electron chi connectivity index (χ1n) is 7.81. The van der Waals surface area contributed by atoms with Gasteiger partial charge >= 0.3 is 0 Å². The van der Waals surface area contributed by atoms with Gasteiger partial charge in [-0.25, -0.2) is 0 Å². The molecule has 1 unspecified atom stereocenters. The van der Waals surface area contributed by atoms with Crippen LogP contribution in [0, 0.1) is 0 Å². The Hall–Kier alpha value is -0.683. The van der Waals surface area contributed by atoms with Gasteiger partial charge in [0.2, 0.25) is 0 Å². The Bertz CT molecular complexity index is 537. The lowest BCUT2D eigenvalue weighted by atomic mass is 10.0. The van der Waals surface area contributed by atoms with Crippen LogP contribution in [0.1, 0.15) is 37.6 Å². The molecule has 1 N–H and O–H groups in total. The van der Waals surface area contributed by atoms with Gasteiger partial charge in [0, 0.05) is 17.1 Å². The third kappa shape index (κ3) is 3.99. The highest BCUT2D eigenvalue weighted by Crippen LogP contribution is 2.38. The van der Waals surface area contributed by atoms with Gasteiger partial charge in [-0.05, 0) is 48.8 Å². The van der Waals surface area contributed by atoms with E-state index in [9.17, 15) is 4.79 Å². The number of hydrogen-bond acceptors (Lipinski definition) is 3. The summed E-state index contributed by atoms with van der Waals surface area (Å²) >= 11 is 5.87. The summed E-state index contributed by atoms with van der Waals surface area (Å²) in [4.78, 5) is 12.5. The van der Waals surface area contributed by atoms with Gasteiger partial charge in [0.15, 0.2) is 14.1 Å². The van der Waals surface area contributed by atoms with Crippen molar-refractivity contribution < 1.29 is 9.22 Å². The standard InChI is InChI=1S/C17H26ClNO2Si/c1-17(2,3)22(4,5)21-14-10-15(19-11-14)16(20)12-6-8-13(18)9-7-12/h6-9,14-15,19H,10-11H2,1-5H3/t14?,15-/m1/s1. The molecule has 3 nitrogen and oxygen atoms in total. The van der Waals surface area contributed by atoms with E-state index in [4.69, 9.17) is 16.0 Å². The quantitative estimate of drug-likeness (QED) is 0.657. The molecule has 2 rings (SSSR count). The number of nitrogens with one attached hydrogen (secondary N) is 1. The van der Waals surface area contributed by atoms with E-state index in [1.54, 1.807) is 24.3 Å². The summed E-state index contributed by atoms with van der Waals surface area (Å²) in [6.07, 6.45) is 0.871. The molecule has 0 aromatic heterocycles. The molecule has 0 saturated carbocycles. The van der Waals surface area contributed by atoms with Crippen molar-refractivity contribution in [2.45, 2.75) is 57.5 Å². The van der Waals surface area contributed by atoms with Gasteiger partial charge in [0.25, 0.3) is 0 Å². The summed E-state index contributed by atoms with van der Waals surface area (Å²) in [5.74, 6) is 0.123. The van der Waals surface area contributed by atoms with Crippen LogP contribution in [0.2, 0.25) is 23.2 Å². The van der Waals surface area contributed by atoms with Gasteiger partial charge in [-0.15, -0.1) is 0 Å². The molecule has 1 heterocycles. The monoisotopic (exact) mass is 339 g/mol. The largest absolute Gasteiger partial charge is 0.413 e. The van der Waals surface area contributed by atoms with E-state index in [0.29, 0.717) is 10.6 Å². The van der Waals surface area contributed by atoms with Crippen molar-refractivity contribution in [2.24, 2.45) is 0 Å². The van der Waals surface area contributed by atoms with Gasteiger partial charge in [-0.3, -0.25) is 4.79 Å². The molecule has 0 amide bonds. The van der Waals surface area contributed by atoms with Crippen molar-refractivity contribution in [1.29, 1.82) is 0 Å².